The monoisotopic (exact) mass is 421 g/mol. The molecule has 3 rings (SSSR count). The number of aryl methyl sites for hydroxylation is 1. The molecule has 1 aliphatic heterocycles. The number of sulfonamides is 2. The molecule has 0 aromatic heterocycles. The van der Waals surface area contributed by atoms with Crippen LogP contribution in [0.25, 0.3) is 0 Å². The zero-order valence-corrected chi connectivity index (χ0v) is 17.6. The number of hydrogen-bond donors (Lipinski definition) is 1. The SMILES string of the molecule is CCS(=O)(=O)Nc1ccccc1C1=NN(S(C)(=O)=O)C(c2ccccc2C)C1. The molecule has 0 saturated heterocycles. The minimum absolute atomic E-state index is 0.0604. The zero-order chi connectivity index (χ0) is 20.5. The van der Waals surface area contributed by atoms with Crippen LogP contribution < -0.4 is 4.72 Å². The topological polar surface area (TPSA) is 95.9 Å². The van der Waals surface area contributed by atoms with Gasteiger partial charge in [0.05, 0.1) is 29.4 Å². The zero-order valence-electron chi connectivity index (χ0n) is 16.0. The van der Waals surface area contributed by atoms with Gasteiger partial charge in [-0.1, -0.05) is 42.5 Å². The van der Waals surface area contributed by atoms with Crippen LogP contribution in [0.2, 0.25) is 0 Å². The van der Waals surface area contributed by atoms with Crippen LogP contribution in [-0.4, -0.2) is 39.0 Å². The second-order valence-corrected chi connectivity index (χ2v) is 10.6. The molecule has 0 saturated carbocycles. The van der Waals surface area contributed by atoms with Gasteiger partial charge in [-0.05, 0) is 31.0 Å². The first kappa shape index (κ1) is 20.3. The van der Waals surface area contributed by atoms with Crippen molar-refractivity contribution in [3.05, 3.63) is 65.2 Å². The Kier molecular flexibility index (Phi) is 5.49. The number of anilines is 1. The number of hydrogen-bond acceptors (Lipinski definition) is 5. The molecule has 0 amide bonds. The summed E-state index contributed by atoms with van der Waals surface area (Å²) in [5.41, 5.74) is 3.33. The smallest absolute Gasteiger partial charge is 0.247 e. The quantitative estimate of drug-likeness (QED) is 0.776. The summed E-state index contributed by atoms with van der Waals surface area (Å²) >= 11 is 0. The molecule has 2 aromatic rings. The number of rotatable bonds is 6. The first-order chi connectivity index (χ1) is 13.1. The van der Waals surface area contributed by atoms with Crippen molar-refractivity contribution in [1.29, 1.82) is 0 Å². The average Bonchev–Trinajstić information content (AvgIpc) is 3.07. The Hall–Kier alpha value is -2.39. The van der Waals surface area contributed by atoms with E-state index in [1.165, 1.54) is 0 Å². The Labute approximate surface area is 166 Å². The van der Waals surface area contributed by atoms with Gasteiger partial charge in [0, 0.05) is 12.0 Å². The van der Waals surface area contributed by atoms with E-state index in [4.69, 9.17) is 0 Å². The number of nitrogens with zero attached hydrogens (tertiary/aromatic N) is 2. The Morgan fingerprint density at radius 3 is 2.36 bits per heavy atom. The fourth-order valence-corrected chi connectivity index (χ4v) is 4.77. The molecule has 0 aliphatic carbocycles. The van der Waals surface area contributed by atoms with E-state index in [0.717, 1.165) is 21.8 Å². The highest BCUT2D eigenvalue weighted by atomic mass is 32.2. The molecule has 1 N–H and O–H groups in total. The Morgan fingerprint density at radius 2 is 1.71 bits per heavy atom. The molecule has 150 valence electrons. The molecule has 1 aliphatic rings. The predicted octanol–water partition coefficient (Wildman–Crippen LogP) is 2.87. The van der Waals surface area contributed by atoms with E-state index in [0.29, 0.717) is 23.4 Å². The number of para-hydroxylation sites is 1. The maximum atomic E-state index is 12.4. The fraction of sp³-hybridized carbons (Fsp3) is 0.316. The molecule has 1 unspecified atom stereocenters. The van der Waals surface area contributed by atoms with E-state index in [1.807, 2.05) is 31.2 Å². The van der Waals surface area contributed by atoms with Crippen LogP contribution in [0.15, 0.2) is 53.6 Å². The fourth-order valence-electron chi connectivity index (χ4n) is 3.21. The van der Waals surface area contributed by atoms with Gasteiger partial charge < -0.3 is 0 Å². The Balaban J connectivity index is 2.06. The lowest BCUT2D eigenvalue weighted by atomic mass is 9.95. The Bertz CT molecular complexity index is 1130. The first-order valence-corrected chi connectivity index (χ1v) is 12.3. The minimum atomic E-state index is -3.60. The van der Waals surface area contributed by atoms with E-state index < -0.39 is 26.1 Å². The molecule has 0 spiro atoms. The van der Waals surface area contributed by atoms with Crippen LogP contribution in [0.1, 0.15) is 36.1 Å². The van der Waals surface area contributed by atoms with Crippen molar-refractivity contribution in [3.63, 3.8) is 0 Å². The van der Waals surface area contributed by atoms with E-state index >= 15 is 0 Å². The molecular weight excluding hydrogens is 398 g/mol. The van der Waals surface area contributed by atoms with Crippen molar-refractivity contribution >= 4 is 31.4 Å². The van der Waals surface area contributed by atoms with Gasteiger partial charge in [0.25, 0.3) is 0 Å². The van der Waals surface area contributed by atoms with E-state index in [9.17, 15) is 16.8 Å². The molecule has 7 nitrogen and oxygen atoms in total. The molecular formula is C19H23N3O4S2. The number of benzene rings is 2. The third-order valence-corrected chi connectivity index (χ3v) is 6.95. The lowest BCUT2D eigenvalue weighted by molar-refractivity contribution is 0.374. The molecule has 0 radical (unpaired) electrons. The summed E-state index contributed by atoms with van der Waals surface area (Å²) in [7, 11) is -7.08. The van der Waals surface area contributed by atoms with Crippen molar-refractivity contribution in [2.24, 2.45) is 5.10 Å². The maximum absolute atomic E-state index is 12.4. The number of nitrogens with one attached hydrogen (secondary N) is 1. The summed E-state index contributed by atoms with van der Waals surface area (Å²) in [6.45, 7) is 3.48. The van der Waals surface area contributed by atoms with Gasteiger partial charge in [0.15, 0.2) is 0 Å². The third kappa shape index (κ3) is 4.20. The highest BCUT2D eigenvalue weighted by Crippen LogP contribution is 2.37. The van der Waals surface area contributed by atoms with Crippen LogP contribution in [-0.2, 0) is 20.0 Å². The van der Waals surface area contributed by atoms with Gasteiger partial charge in [-0.25, -0.2) is 16.8 Å². The first-order valence-electron chi connectivity index (χ1n) is 8.84. The van der Waals surface area contributed by atoms with E-state index in [-0.39, 0.29) is 5.75 Å². The molecule has 2 aromatic carbocycles. The molecule has 28 heavy (non-hydrogen) atoms. The normalized spacial score (nSPS) is 17.5. The largest absolute Gasteiger partial charge is 0.283 e. The number of hydrazone groups is 1. The highest BCUT2D eigenvalue weighted by molar-refractivity contribution is 7.92. The van der Waals surface area contributed by atoms with Gasteiger partial charge in [-0.15, -0.1) is 0 Å². The molecule has 9 heteroatoms. The van der Waals surface area contributed by atoms with Crippen molar-refractivity contribution in [1.82, 2.24) is 4.41 Å². The minimum Gasteiger partial charge on any atom is -0.283 e. The molecule has 1 heterocycles. The molecule has 0 fully saturated rings. The van der Waals surface area contributed by atoms with Gasteiger partial charge in [0.1, 0.15) is 0 Å². The lowest BCUT2D eigenvalue weighted by Gasteiger charge is -2.22. The van der Waals surface area contributed by atoms with Crippen molar-refractivity contribution in [2.75, 3.05) is 16.7 Å². The van der Waals surface area contributed by atoms with Gasteiger partial charge in [-0.3, -0.25) is 4.72 Å². The summed E-state index contributed by atoms with van der Waals surface area (Å²) < 4.78 is 52.5. The third-order valence-electron chi connectivity index (χ3n) is 4.64. The van der Waals surface area contributed by atoms with Crippen LogP contribution in [0.5, 0.6) is 0 Å². The van der Waals surface area contributed by atoms with Gasteiger partial charge >= 0.3 is 0 Å². The van der Waals surface area contributed by atoms with Crippen molar-refractivity contribution < 1.29 is 16.8 Å². The van der Waals surface area contributed by atoms with Gasteiger partial charge in [-0.2, -0.15) is 9.52 Å². The summed E-state index contributed by atoms with van der Waals surface area (Å²) in [6, 6.07) is 14.0. The summed E-state index contributed by atoms with van der Waals surface area (Å²) in [4.78, 5) is 0. The van der Waals surface area contributed by atoms with Crippen LogP contribution in [0.4, 0.5) is 5.69 Å². The van der Waals surface area contributed by atoms with E-state index in [1.54, 1.807) is 31.2 Å². The molecule has 1 atom stereocenters. The standard InChI is InChI=1S/C19H23N3O4S2/c1-4-28(25,26)21-17-12-8-7-11-16(17)18-13-19(22(20-18)27(3,23)24)15-10-6-5-9-14(15)2/h5-12,19,21H,4,13H2,1-3H3. The second kappa shape index (κ2) is 7.56. The summed E-state index contributed by atoms with van der Waals surface area (Å²) in [5.74, 6) is -0.0604. The van der Waals surface area contributed by atoms with E-state index in [2.05, 4.69) is 9.82 Å². The van der Waals surface area contributed by atoms with Crippen molar-refractivity contribution in [3.8, 4) is 0 Å². The highest BCUT2D eigenvalue weighted by Gasteiger charge is 2.35. The Morgan fingerprint density at radius 1 is 1.07 bits per heavy atom. The predicted molar refractivity (Wildman–Crippen MR) is 111 cm³/mol. The van der Waals surface area contributed by atoms with Gasteiger partial charge in [0.2, 0.25) is 20.0 Å². The van der Waals surface area contributed by atoms with Crippen molar-refractivity contribution in [2.45, 2.75) is 26.3 Å². The van der Waals surface area contributed by atoms with Crippen LogP contribution in [0, 0.1) is 6.92 Å². The second-order valence-electron chi connectivity index (χ2n) is 6.71. The summed E-state index contributed by atoms with van der Waals surface area (Å²) in [5, 5.41) is 4.37. The van der Waals surface area contributed by atoms with Crippen LogP contribution in [0.3, 0.4) is 0 Å². The maximum Gasteiger partial charge on any atom is 0.247 e. The summed E-state index contributed by atoms with van der Waals surface area (Å²) in [6.07, 6.45) is 1.47. The molecule has 0 bridgehead atoms. The van der Waals surface area contributed by atoms with Crippen LogP contribution >= 0.6 is 0 Å². The lowest BCUT2D eigenvalue weighted by Crippen LogP contribution is -2.26. The average molecular weight is 422 g/mol.